The molecule has 0 radical (unpaired) electrons. The quantitative estimate of drug-likeness (QED) is 0.575. The van der Waals surface area contributed by atoms with Gasteiger partial charge in [-0.3, -0.25) is 0 Å². The standard InChI is InChI=1S/C24H31N5O2/c1-31-20-4-2-3-17(13-20)27-24-26-14-21-22(16-9-11-25-12-10-16)15-29(23(21)28-24)18-5-7-19(30)8-6-18/h2-4,13-16,18-19,25,30H,5-12H2,1H3,(H,26,27,28). The average Bonchev–Trinajstić information content (AvgIpc) is 3.19. The molecule has 1 aromatic carbocycles. The van der Waals surface area contributed by atoms with Gasteiger partial charge in [0.05, 0.1) is 13.2 Å². The van der Waals surface area contributed by atoms with E-state index in [0.717, 1.165) is 74.1 Å². The molecule has 3 heterocycles. The van der Waals surface area contributed by atoms with Crippen LogP contribution < -0.4 is 15.4 Å². The van der Waals surface area contributed by atoms with E-state index < -0.39 is 0 Å². The molecule has 0 spiro atoms. The number of aliphatic hydroxyl groups excluding tert-OH is 1. The van der Waals surface area contributed by atoms with Crippen LogP contribution in [0.2, 0.25) is 0 Å². The third-order valence-corrected chi connectivity index (χ3v) is 6.77. The van der Waals surface area contributed by atoms with Crippen LogP contribution in [0.3, 0.4) is 0 Å². The molecule has 1 saturated carbocycles. The summed E-state index contributed by atoms with van der Waals surface area (Å²) in [4.78, 5) is 9.61. The lowest BCUT2D eigenvalue weighted by Gasteiger charge is -2.27. The minimum absolute atomic E-state index is 0.165. The van der Waals surface area contributed by atoms with Crippen molar-refractivity contribution in [3.05, 3.63) is 42.2 Å². The maximum atomic E-state index is 9.99. The van der Waals surface area contributed by atoms with Gasteiger partial charge in [-0.25, -0.2) is 4.98 Å². The number of piperidine rings is 1. The third kappa shape index (κ3) is 4.25. The fraction of sp³-hybridized carbons (Fsp3) is 0.500. The molecule has 1 saturated heterocycles. The van der Waals surface area contributed by atoms with E-state index in [9.17, 15) is 5.11 Å². The number of aromatic nitrogens is 3. The molecule has 1 aliphatic carbocycles. The summed E-state index contributed by atoms with van der Waals surface area (Å²) in [7, 11) is 1.66. The minimum Gasteiger partial charge on any atom is -0.497 e. The zero-order chi connectivity index (χ0) is 21.2. The Morgan fingerprint density at radius 1 is 1.13 bits per heavy atom. The van der Waals surface area contributed by atoms with Gasteiger partial charge in [0, 0.05) is 35.6 Å². The molecule has 3 N–H and O–H groups in total. The van der Waals surface area contributed by atoms with Crippen LogP contribution in [0.15, 0.2) is 36.7 Å². The Balaban J connectivity index is 1.52. The molecule has 0 bridgehead atoms. The van der Waals surface area contributed by atoms with Gasteiger partial charge in [0.15, 0.2) is 0 Å². The van der Waals surface area contributed by atoms with E-state index in [1.54, 1.807) is 7.11 Å². The summed E-state index contributed by atoms with van der Waals surface area (Å²) < 4.78 is 7.69. The molecule has 0 atom stereocenters. The Morgan fingerprint density at radius 2 is 1.94 bits per heavy atom. The fourth-order valence-electron chi connectivity index (χ4n) is 5.02. The van der Waals surface area contributed by atoms with Crippen molar-refractivity contribution in [3.8, 4) is 5.75 Å². The average molecular weight is 422 g/mol. The van der Waals surface area contributed by atoms with Gasteiger partial charge in [-0.2, -0.15) is 4.98 Å². The van der Waals surface area contributed by atoms with E-state index in [-0.39, 0.29) is 6.10 Å². The molecule has 1 aliphatic heterocycles. The molecule has 7 nitrogen and oxygen atoms in total. The lowest BCUT2D eigenvalue weighted by Crippen LogP contribution is -2.26. The number of hydrogen-bond acceptors (Lipinski definition) is 6. The topological polar surface area (TPSA) is 84.2 Å². The first-order valence-corrected chi connectivity index (χ1v) is 11.4. The molecule has 31 heavy (non-hydrogen) atoms. The van der Waals surface area contributed by atoms with Crippen LogP contribution in [-0.2, 0) is 0 Å². The highest BCUT2D eigenvalue weighted by Crippen LogP contribution is 2.37. The van der Waals surface area contributed by atoms with Crippen LogP contribution in [0, 0.1) is 0 Å². The summed E-state index contributed by atoms with van der Waals surface area (Å²) in [6, 6.07) is 8.17. The van der Waals surface area contributed by atoms with Crippen LogP contribution in [0.1, 0.15) is 56.0 Å². The van der Waals surface area contributed by atoms with Gasteiger partial charge in [0.1, 0.15) is 11.4 Å². The van der Waals surface area contributed by atoms with Crippen LogP contribution in [-0.4, -0.2) is 45.9 Å². The van der Waals surface area contributed by atoms with E-state index in [4.69, 9.17) is 9.72 Å². The molecule has 5 rings (SSSR count). The van der Waals surface area contributed by atoms with Crippen molar-refractivity contribution in [3.63, 3.8) is 0 Å². The van der Waals surface area contributed by atoms with Crippen molar-refractivity contribution in [1.29, 1.82) is 0 Å². The number of nitrogens with one attached hydrogen (secondary N) is 2. The summed E-state index contributed by atoms with van der Waals surface area (Å²) in [6.07, 6.45) is 10.1. The molecule has 2 fully saturated rings. The highest BCUT2D eigenvalue weighted by atomic mass is 16.5. The zero-order valence-corrected chi connectivity index (χ0v) is 18.1. The third-order valence-electron chi connectivity index (χ3n) is 6.77. The van der Waals surface area contributed by atoms with Gasteiger partial charge in [-0.15, -0.1) is 0 Å². The molecule has 2 aromatic heterocycles. The minimum atomic E-state index is -0.165. The zero-order valence-electron chi connectivity index (χ0n) is 18.1. The Bertz CT molecular complexity index is 1040. The summed E-state index contributed by atoms with van der Waals surface area (Å²) in [5.74, 6) is 1.93. The Labute approximate surface area is 182 Å². The number of aliphatic hydroxyl groups is 1. The molecular weight excluding hydrogens is 390 g/mol. The number of methoxy groups -OCH3 is 1. The number of fused-ring (bicyclic) bond motifs is 1. The van der Waals surface area contributed by atoms with Crippen molar-refractivity contribution < 1.29 is 9.84 Å². The molecule has 164 valence electrons. The number of benzene rings is 1. The first-order valence-electron chi connectivity index (χ1n) is 11.4. The van der Waals surface area contributed by atoms with Gasteiger partial charge in [0.2, 0.25) is 5.95 Å². The van der Waals surface area contributed by atoms with Crippen molar-refractivity contribution >= 4 is 22.7 Å². The molecular formula is C24H31N5O2. The number of rotatable bonds is 5. The van der Waals surface area contributed by atoms with Crippen molar-refractivity contribution in [1.82, 2.24) is 19.9 Å². The summed E-state index contributed by atoms with van der Waals surface area (Å²) in [5, 5.41) is 17.9. The first kappa shape index (κ1) is 20.3. The normalized spacial score (nSPS) is 22.5. The Morgan fingerprint density at radius 3 is 2.71 bits per heavy atom. The number of ether oxygens (including phenoxy) is 1. The second-order valence-corrected chi connectivity index (χ2v) is 8.77. The summed E-state index contributed by atoms with van der Waals surface area (Å²) in [5.41, 5.74) is 3.27. The predicted octanol–water partition coefficient (Wildman–Crippen LogP) is 4.13. The number of anilines is 2. The van der Waals surface area contributed by atoms with Crippen LogP contribution >= 0.6 is 0 Å². The van der Waals surface area contributed by atoms with Crippen LogP contribution in [0.4, 0.5) is 11.6 Å². The molecule has 7 heteroatoms. The number of nitrogens with zero attached hydrogens (tertiary/aromatic N) is 3. The maximum Gasteiger partial charge on any atom is 0.229 e. The van der Waals surface area contributed by atoms with E-state index in [1.807, 2.05) is 30.5 Å². The lowest BCUT2D eigenvalue weighted by molar-refractivity contribution is 0.111. The smallest absolute Gasteiger partial charge is 0.229 e. The highest BCUT2D eigenvalue weighted by molar-refractivity contribution is 5.82. The second-order valence-electron chi connectivity index (χ2n) is 8.77. The van der Waals surface area contributed by atoms with Gasteiger partial charge >= 0.3 is 0 Å². The molecule has 2 aliphatic rings. The first-order chi connectivity index (χ1) is 15.2. The second kappa shape index (κ2) is 8.85. The van der Waals surface area contributed by atoms with Crippen molar-refractivity contribution in [2.24, 2.45) is 0 Å². The molecule has 0 unspecified atom stereocenters. The van der Waals surface area contributed by atoms with Gasteiger partial charge in [-0.05, 0) is 75.2 Å². The van der Waals surface area contributed by atoms with E-state index >= 15 is 0 Å². The van der Waals surface area contributed by atoms with E-state index in [2.05, 4.69) is 26.4 Å². The van der Waals surface area contributed by atoms with E-state index in [0.29, 0.717) is 17.9 Å². The lowest BCUT2D eigenvalue weighted by atomic mass is 9.90. The van der Waals surface area contributed by atoms with Crippen LogP contribution in [0.25, 0.3) is 11.0 Å². The van der Waals surface area contributed by atoms with Gasteiger partial charge in [-0.1, -0.05) is 6.07 Å². The molecule has 3 aromatic rings. The Kier molecular flexibility index (Phi) is 5.78. The highest BCUT2D eigenvalue weighted by Gasteiger charge is 2.26. The van der Waals surface area contributed by atoms with Crippen molar-refractivity contribution in [2.75, 3.05) is 25.5 Å². The predicted molar refractivity (Wildman–Crippen MR) is 122 cm³/mol. The van der Waals surface area contributed by atoms with Crippen molar-refractivity contribution in [2.45, 2.75) is 56.6 Å². The van der Waals surface area contributed by atoms with Gasteiger partial charge < -0.3 is 25.0 Å². The maximum absolute atomic E-state index is 9.99. The summed E-state index contributed by atoms with van der Waals surface area (Å²) in [6.45, 7) is 2.12. The van der Waals surface area contributed by atoms with E-state index in [1.165, 1.54) is 5.56 Å². The fourth-order valence-corrected chi connectivity index (χ4v) is 5.02. The molecule has 0 amide bonds. The van der Waals surface area contributed by atoms with Gasteiger partial charge in [0.25, 0.3) is 0 Å². The van der Waals surface area contributed by atoms with Crippen LogP contribution in [0.5, 0.6) is 5.75 Å². The monoisotopic (exact) mass is 421 g/mol. The Hall–Kier alpha value is -2.64. The largest absolute Gasteiger partial charge is 0.497 e. The summed E-state index contributed by atoms with van der Waals surface area (Å²) >= 11 is 0. The number of hydrogen-bond donors (Lipinski definition) is 3. The SMILES string of the molecule is COc1cccc(Nc2ncc3c(C4CCNCC4)cn(C4CCC(O)CC4)c3n2)c1.